The highest BCUT2D eigenvalue weighted by Gasteiger charge is 2.30. The van der Waals surface area contributed by atoms with Gasteiger partial charge in [-0.05, 0) is 51.4 Å². The Morgan fingerprint density at radius 3 is 2.53 bits per heavy atom. The van der Waals surface area contributed by atoms with Crippen LogP contribution in [0.5, 0.6) is 0 Å². The van der Waals surface area contributed by atoms with Gasteiger partial charge in [-0.2, -0.15) is 0 Å². The van der Waals surface area contributed by atoms with Gasteiger partial charge in [0.15, 0.2) is 0 Å². The van der Waals surface area contributed by atoms with Gasteiger partial charge < -0.3 is 10.2 Å². The number of amides is 1. The van der Waals surface area contributed by atoms with Crippen molar-refractivity contribution in [3.63, 3.8) is 0 Å². The number of benzene rings is 1. The summed E-state index contributed by atoms with van der Waals surface area (Å²) in [5.41, 5.74) is 1.11. The van der Waals surface area contributed by atoms with Gasteiger partial charge in [-0.3, -0.25) is 4.79 Å². The van der Waals surface area contributed by atoms with Crippen LogP contribution in [-0.4, -0.2) is 36.5 Å². The number of likely N-dealkylation sites (tertiary alicyclic amines) is 1. The maximum atomic E-state index is 13.5. The van der Waals surface area contributed by atoms with E-state index in [4.69, 9.17) is 0 Å². The first kappa shape index (κ1) is 14.0. The zero-order valence-electron chi connectivity index (χ0n) is 11.8. The predicted octanol–water partition coefficient (Wildman–Crippen LogP) is 2.35. The van der Waals surface area contributed by atoms with Crippen LogP contribution >= 0.6 is 0 Å². The first-order valence-electron chi connectivity index (χ1n) is 6.69. The number of rotatable bonds is 2. The van der Waals surface area contributed by atoms with E-state index in [1.165, 1.54) is 6.07 Å². The molecule has 0 saturated carbocycles. The third kappa shape index (κ3) is 2.95. The lowest BCUT2D eigenvalue weighted by atomic mass is 9.89. The van der Waals surface area contributed by atoms with Gasteiger partial charge in [0, 0.05) is 24.2 Å². The molecule has 0 bridgehead atoms. The summed E-state index contributed by atoms with van der Waals surface area (Å²) in [6.07, 6.45) is 1.84. The van der Waals surface area contributed by atoms with Crippen LogP contribution in [0.2, 0.25) is 0 Å². The maximum absolute atomic E-state index is 13.5. The quantitative estimate of drug-likeness (QED) is 0.889. The number of carbonyl (C=O) groups excluding carboxylic acids is 1. The lowest BCUT2D eigenvalue weighted by Gasteiger charge is -2.39. The summed E-state index contributed by atoms with van der Waals surface area (Å²) in [5.74, 6) is -0.389. The molecule has 4 heteroatoms. The zero-order valence-corrected chi connectivity index (χ0v) is 11.8. The van der Waals surface area contributed by atoms with Crippen LogP contribution in [0.3, 0.4) is 0 Å². The molecule has 0 aromatic heterocycles. The Morgan fingerprint density at radius 1 is 1.37 bits per heavy atom. The molecule has 1 heterocycles. The molecule has 0 unspecified atom stereocenters. The molecule has 1 amide bonds. The van der Waals surface area contributed by atoms with Gasteiger partial charge in [-0.25, -0.2) is 4.39 Å². The van der Waals surface area contributed by atoms with Crippen molar-refractivity contribution in [2.24, 2.45) is 0 Å². The summed E-state index contributed by atoms with van der Waals surface area (Å²) in [7, 11) is 1.95. The molecule has 3 nitrogen and oxygen atoms in total. The number of hydrogen-bond acceptors (Lipinski definition) is 2. The smallest absolute Gasteiger partial charge is 0.253 e. The van der Waals surface area contributed by atoms with Gasteiger partial charge >= 0.3 is 0 Å². The largest absolute Gasteiger partial charge is 0.339 e. The fourth-order valence-corrected chi connectivity index (χ4v) is 2.36. The fraction of sp³-hybridized carbons (Fsp3) is 0.533. The van der Waals surface area contributed by atoms with E-state index in [1.54, 1.807) is 19.1 Å². The number of carbonyl (C=O) groups is 1. The molecule has 1 aromatic rings. The Hall–Kier alpha value is -1.42. The molecule has 0 aliphatic carbocycles. The molecule has 19 heavy (non-hydrogen) atoms. The molecular formula is C15H21FN2O. The van der Waals surface area contributed by atoms with Crippen molar-refractivity contribution in [3.05, 3.63) is 35.1 Å². The average molecular weight is 264 g/mol. The Balaban J connectivity index is 2.07. The number of nitrogens with one attached hydrogen (secondary N) is 1. The SMILES string of the molecule is CNC1(C)CCN(C(=O)c2ccc(C)c(F)c2)CC1. The summed E-state index contributed by atoms with van der Waals surface area (Å²) in [6, 6.07) is 4.69. The maximum Gasteiger partial charge on any atom is 0.253 e. The van der Waals surface area contributed by atoms with E-state index in [2.05, 4.69) is 12.2 Å². The van der Waals surface area contributed by atoms with Crippen LogP contribution < -0.4 is 5.32 Å². The first-order valence-corrected chi connectivity index (χ1v) is 6.69. The molecular weight excluding hydrogens is 243 g/mol. The minimum absolute atomic E-state index is 0.0722. The number of hydrogen-bond donors (Lipinski definition) is 1. The molecule has 104 valence electrons. The topological polar surface area (TPSA) is 32.3 Å². The Kier molecular flexibility index (Phi) is 3.90. The van der Waals surface area contributed by atoms with Gasteiger partial charge in [0.1, 0.15) is 5.82 Å². The van der Waals surface area contributed by atoms with Gasteiger partial charge in [0.05, 0.1) is 0 Å². The van der Waals surface area contributed by atoms with Crippen molar-refractivity contribution < 1.29 is 9.18 Å². The summed E-state index contributed by atoms with van der Waals surface area (Å²) < 4.78 is 13.5. The van der Waals surface area contributed by atoms with Gasteiger partial charge in [-0.15, -0.1) is 0 Å². The van der Waals surface area contributed by atoms with Crippen molar-refractivity contribution in [1.82, 2.24) is 10.2 Å². The van der Waals surface area contributed by atoms with Crippen LogP contribution in [0, 0.1) is 12.7 Å². The Labute approximate surface area is 113 Å². The zero-order chi connectivity index (χ0) is 14.0. The molecule has 1 aliphatic rings. The van der Waals surface area contributed by atoms with E-state index in [-0.39, 0.29) is 17.3 Å². The second kappa shape index (κ2) is 5.29. The minimum atomic E-state index is -0.317. The fourth-order valence-electron chi connectivity index (χ4n) is 2.36. The van der Waals surface area contributed by atoms with E-state index >= 15 is 0 Å². The molecule has 1 saturated heterocycles. The molecule has 2 rings (SSSR count). The van der Waals surface area contributed by atoms with Crippen LogP contribution in [0.15, 0.2) is 18.2 Å². The summed E-state index contributed by atoms with van der Waals surface area (Å²) in [4.78, 5) is 14.1. The predicted molar refractivity (Wildman–Crippen MR) is 73.7 cm³/mol. The molecule has 1 aliphatic heterocycles. The molecule has 1 aromatic carbocycles. The highest BCUT2D eigenvalue weighted by Crippen LogP contribution is 2.22. The third-order valence-electron chi connectivity index (χ3n) is 4.18. The summed E-state index contributed by atoms with van der Waals surface area (Å²) >= 11 is 0. The molecule has 0 radical (unpaired) electrons. The monoisotopic (exact) mass is 264 g/mol. The lowest BCUT2D eigenvalue weighted by Crippen LogP contribution is -2.51. The third-order valence-corrected chi connectivity index (χ3v) is 4.18. The lowest BCUT2D eigenvalue weighted by molar-refractivity contribution is 0.0661. The molecule has 0 spiro atoms. The van der Waals surface area contributed by atoms with E-state index in [0.717, 1.165) is 12.8 Å². The standard InChI is InChI=1S/C15H21FN2O/c1-11-4-5-12(10-13(11)16)14(19)18-8-6-15(2,17-3)7-9-18/h4-5,10,17H,6-9H2,1-3H3. The van der Waals surface area contributed by atoms with Crippen LogP contribution in [-0.2, 0) is 0 Å². The van der Waals surface area contributed by atoms with Crippen molar-refractivity contribution >= 4 is 5.91 Å². The van der Waals surface area contributed by atoms with Crippen LogP contribution in [0.1, 0.15) is 35.7 Å². The van der Waals surface area contributed by atoms with Gasteiger partial charge in [0.2, 0.25) is 0 Å². The Bertz CT molecular complexity index is 479. The first-order chi connectivity index (χ1) is 8.95. The highest BCUT2D eigenvalue weighted by atomic mass is 19.1. The normalized spacial score (nSPS) is 18.4. The highest BCUT2D eigenvalue weighted by molar-refractivity contribution is 5.94. The number of piperidine rings is 1. The Morgan fingerprint density at radius 2 is 2.00 bits per heavy atom. The number of aryl methyl sites for hydroxylation is 1. The van der Waals surface area contributed by atoms with Gasteiger partial charge in [-0.1, -0.05) is 6.07 Å². The second-order valence-electron chi connectivity index (χ2n) is 5.57. The van der Waals surface area contributed by atoms with Crippen LogP contribution in [0.4, 0.5) is 4.39 Å². The van der Waals surface area contributed by atoms with Crippen molar-refractivity contribution in [2.45, 2.75) is 32.2 Å². The van der Waals surface area contributed by atoms with E-state index in [0.29, 0.717) is 24.2 Å². The van der Waals surface area contributed by atoms with E-state index < -0.39 is 0 Å². The van der Waals surface area contributed by atoms with E-state index in [9.17, 15) is 9.18 Å². The summed E-state index contributed by atoms with van der Waals surface area (Å²) in [5, 5.41) is 3.30. The van der Waals surface area contributed by atoms with Crippen molar-refractivity contribution in [2.75, 3.05) is 20.1 Å². The minimum Gasteiger partial charge on any atom is -0.339 e. The van der Waals surface area contributed by atoms with Gasteiger partial charge in [0.25, 0.3) is 5.91 Å². The van der Waals surface area contributed by atoms with Crippen LogP contribution in [0.25, 0.3) is 0 Å². The number of halogens is 1. The molecule has 1 fully saturated rings. The van der Waals surface area contributed by atoms with E-state index in [1.807, 2.05) is 11.9 Å². The van der Waals surface area contributed by atoms with Crippen molar-refractivity contribution in [1.29, 1.82) is 0 Å². The number of nitrogens with zero attached hydrogens (tertiary/aromatic N) is 1. The summed E-state index contributed by atoms with van der Waals surface area (Å²) in [6.45, 7) is 5.29. The molecule has 0 atom stereocenters. The average Bonchev–Trinajstić information content (AvgIpc) is 2.42. The molecule has 1 N–H and O–H groups in total. The second-order valence-corrected chi connectivity index (χ2v) is 5.57. The van der Waals surface area contributed by atoms with Crippen molar-refractivity contribution in [3.8, 4) is 0 Å².